The van der Waals surface area contributed by atoms with Crippen LogP contribution in [0.3, 0.4) is 0 Å². The Morgan fingerprint density at radius 2 is 2.21 bits per heavy atom. The van der Waals surface area contributed by atoms with E-state index < -0.39 is 0 Å². The van der Waals surface area contributed by atoms with Crippen LogP contribution in [0.25, 0.3) is 0 Å². The lowest BCUT2D eigenvalue weighted by atomic mass is 10.3. The molecular weight excluding hydrogens is 369 g/mol. The molecule has 110 valence electrons. The summed E-state index contributed by atoms with van der Waals surface area (Å²) in [6, 6.07) is 4.69. The third-order valence-electron chi connectivity index (χ3n) is 2.45. The standard InChI is InChI=1S/C14H25N3S.HI/c1-4-5-9-15-14(17-12(2)3)16-10-8-13-7-6-11-18-13;/h6-7,11-12H,4-5,8-10H2,1-3H3,(H2,15,16,17);1H. The monoisotopic (exact) mass is 395 g/mol. The van der Waals surface area contributed by atoms with E-state index in [2.05, 4.69) is 53.9 Å². The van der Waals surface area contributed by atoms with Crippen molar-refractivity contribution < 1.29 is 0 Å². The van der Waals surface area contributed by atoms with E-state index in [1.807, 2.05) is 11.3 Å². The van der Waals surface area contributed by atoms with Gasteiger partial charge >= 0.3 is 0 Å². The second-order valence-electron chi connectivity index (χ2n) is 4.64. The Balaban J connectivity index is 0.00000324. The van der Waals surface area contributed by atoms with Gasteiger partial charge in [-0.05, 0) is 38.1 Å². The number of thiophene rings is 1. The Bertz CT molecular complexity index is 336. The van der Waals surface area contributed by atoms with Crippen molar-refractivity contribution in [3.63, 3.8) is 0 Å². The van der Waals surface area contributed by atoms with E-state index in [0.717, 1.165) is 31.9 Å². The summed E-state index contributed by atoms with van der Waals surface area (Å²) >= 11 is 1.81. The summed E-state index contributed by atoms with van der Waals surface area (Å²) < 4.78 is 0. The number of hydrogen-bond acceptors (Lipinski definition) is 2. The molecule has 0 radical (unpaired) electrons. The highest BCUT2D eigenvalue weighted by Crippen LogP contribution is 2.07. The summed E-state index contributed by atoms with van der Waals surface area (Å²) in [4.78, 5) is 5.99. The van der Waals surface area contributed by atoms with Gasteiger partial charge < -0.3 is 10.6 Å². The first-order valence-electron chi connectivity index (χ1n) is 6.79. The van der Waals surface area contributed by atoms with Crippen LogP contribution in [0.15, 0.2) is 22.5 Å². The van der Waals surface area contributed by atoms with Crippen LogP contribution in [-0.4, -0.2) is 25.1 Å². The molecule has 3 nitrogen and oxygen atoms in total. The zero-order valence-electron chi connectivity index (χ0n) is 12.1. The van der Waals surface area contributed by atoms with E-state index in [1.165, 1.54) is 11.3 Å². The fourth-order valence-electron chi connectivity index (χ4n) is 1.53. The van der Waals surface area contributed by atoms with E-state index in [9.17, 15) is 0 Å². The van der Waals surface area contributed by atoms with Crippen molar-refractivity contribution in [1.29, 1.82) is 0 Å². The molecule has 2 N–H and O–H groups in total. The molecule has 5 heteroatoms. The van der Waals surface area contributed by atoms with Gasteiger partial charge in [-0.3, -0.25) is 4.99 Å². The Morgan fingerprint density at radius 1 is 1.42 bits per heavy atom. The maximum atomic E-state index is 4.57. The van der Waals surface area contributed by atoms with Crippen LogP contribution >= 0.6 is 35.3 Å². The largest absolute Gasteiger partial charge is 0.356 e. The molecule has 19 heavy (non-hydrogen) atoms. The first-order chi connectivity index (χ1) is 8.72. The molecule has 0 bridgehead atoms. The number of guanidine groups is 1. The third-order valence-corrected chi connectivity index (χ3v) is 3.39. The number of hydrogen-bond donors (Lipinski definition) is 2. The van der Waals surface area contributed by atoms with Crippen molar-refractivity contribution in [3.05, 3.63) is 22.4 Å². The van der Waals surface area contributed by atoms with Crippen molar-refractivity contribution in [1.82, 2.24) is 10.6 Å². The van der Waals surface area contributed by atoms with Gasteiger partial charge in [-0.2, -0.15) is 0 Å². The topological polar surface area (TPSA) is 36.4 Å². The molecule has 1 heterocycles. The summed E-state index contributed by atoms with van der Waals surface area (Å²) in [6.45, 7) is 8.30. The molecule has 0 saturated heterocycles. The Labute approximate surface area is 138 Å². The summed E-state index contributed by atoms with van der Waals surface area (Å²) in [5.74, 6) is 0.940. The molecule has 0 atom stereocenters. The minimum Gasteiger partial charge on any atom is -0.356 e. The molecule has 0 aromatic carbocycles. The van der Waals surface area contributed by atoms with Crippen molar-refractivity contribution in [2.45, 2.75) is 46.1 Å². The molecule has 0 aliphatic carbocycles. The van der Waals surface area contributed by atoms with E-state index in [0.29, 0.717) is 6.04 Å². The summed E-state index contributed by atoms with van der Waals surface area (Å²) in [5.41, 5.74) is 0. The normalized spacial score (nSPS) is 11.3. The highest BCUT2D eigenvalue weighted by atomic mass is 127. The third kappa shape index (κ3) is 9.27. The number of rotatable bonds is 7. The average Bonchev–Trinajstić information content (AvgIpc) is 2.81. The second kappa shape index (κ2) is 11.5. The number of halogens is 1. The zero-order chi connectivity index (χ0) is 13.2. The van der Waals surface area contributed by atoms with E-state index in [4.69, 9.17) is 0 Å². The van der Waals surface area contributed by atoms with Gasteiger partial charge in [0.25, 0.3) is 0 Å². The van der Waals surface area contributed by atoms with Crippen molar-refractivity contribution in [3.8, 4) is 0 Å². The number of aliphatic imine (C=N–C) groups is 1. The van der Waals surface area contributed by atoms with Gasteiger partial charge in [0.05, 0.1) is 0 Å². The molecule has 1 aromatic heterocycles. The van der Waals surface area contributed by atoms with Crippen LogP contribution in [-0.2, 0) is 6.42 Å². The minimum atomic E-state index is 0. The average molecular weight is 395 g/mol. The minimum absolute atomic E-state index is 0. The Morgan fingerprint density at radius 3 is 2.79 bits per heavy atom. The number of nitrogens with one attached hydrogen (secondary N) is 2. The molecule has 0 saturated carbocycles. The molecule has 0 amide bonds. The molecule has 1 aromatic rings. The van der Waals surface area contributed by atoms with Crippen molar-refractivity contribution in [2.75, 3.05) is 13.1 Å². The first-order valence-corrected chi connectivity index (χ1v) is 7.67. The molecule has 1 rings (SSSR count). The predicted octanol–water partition coefficient (Wildman–Crippen LogP) is 3.65. The fourth-order valence-corrected chi connectivity index (χ4v) is 2.24. The quantitative estimate of drug-likeness (QED) is 0.320. The van der Waals surface area contributed by atoms with Crippen LogP contribution in [0.2, 0.25) is 0 Å². The molecule has 0 unspecified atom stereocenters. The highest BCUT2D eigenvalue weighted by molar-refractivity contribution is 14.0. The number of unbranched alkanes of at least 4 members (excludes halogenated alkanes) is 1. The lowest BCUT2D eigenvalue weighted by Gasteiger charge is -2.14. The summed E-state index contributed by atoms with van der Waals surface area (Å²) in [7, 11) is 0. The van der Waals surface area contributed by atoms with Crippen LogP contribution in [0, 0.1) is 0 Å². The Hall–Kier alpha value is -0.300. The van der Waals surface area contributed by atoms with Crippen LogP contribution < -0.4 is 10.6 Å². The Kier molecular flexibility index (Phi) is 11.3. The highest BCUT2D eigenvalue weighted by Gasteiger charge is 2.01. The fraction of sp³-hybridized carbons (Fsp3) is 0.643. The van der Waals surface area contributed by atoms with Crippen molar-refractivity contribution >= 4 is 41.3 Å². The van der Waals surface area contributed by atoms with Crippen LogP contribution in [0.1, 0.15) is 38.5 Å². The van der Waals surface area contributed by atoms with Gasteiger partial charge in [0.15, 0.2) is 5.96 Å². The van der Waals surface area contributed by atoms with E-state index >= 15 is 0 Å². The lowest BCUT2D eigenvalue weighted by Crippen LogP contribution is -2.42. The van der Waals surface area contributed by atoms with Gasteiger partial charge in [-0.25, -0.2) is 0 Å². The lowest BCUT2D eigenvalue weighted by molar-refractivity contribution is 0.689. The summed E-state index contributed by atoms with van der Waals surface area (Å²) in [6.07, 6.45) is 3.40. The van der Waals surface area contributed by atoms with Gasteiger partial charge in [0.2, 0.25) is 0 Å². The maximum Gasteiger partial charge on any atom is 0.191 e. The molecule has 0 spiro atoms. The van der Waals surface area contributed by atoms with Gasteiger partial charge in [0.1, 0.15) is 0 Å². The molecule has 0 aliphatic heterocycles. The van der Waals surface area contributed by atoms with Gasteiger partial charge in [-0.1, -0.05) is 19.4 Å². The SMILES string of the molecule is CCCCN=C(NCCc1cccs1)NC(C)C.I. The van der Waals surface area contributed by atoms with Gasteiger partial charge in [-0.15, -0.1) is 35.3 Å². The predicted molar refractivity (Wildman–Crippen MR) is 96.9 cm³/mol. The van der Waals surface area contributed by atoms with E-state index in [-0.39, 0.29) is 24.0 Å². The van der Waals surface area contributed by atoms with E-state index in [1.54, 1.807) is 0 Å². The molecule has 0 aliphatic rings. The van der Waals surface area contributed by atoms with Gasteiger partial charge in [0, 0.05) is 24.0 Å². The van der Waals surface area contributed by atoms with Crippen LogP contribution in [0.4, 0.5) is 0 Å². The summed E-state index contributed by atoms with van der Waals surface area (Å²) in [5, 5.41) is 8.88. The molecular formula is C14H26IN3S. The zero-order valence-corrected chi connectivity index (χ0v) is 15.3. The van der Waals surface area contributed by atoms with Crippen LogP contribution in [0.5, 0.6) is 0 Å². The number of nitrogens with zero attached hydrogens (tertiary/aromatic N) is 1. The molecule has 0 fully saturated rings. The maximum absolute atomic E-state index is 4.57. The van der Waals surface area contributed by atoms with Crippen molar-refractivity contribution in [2.24, 2.45) is 4.99 Å². The first kappa shape index (κ1) is 18.7. The smallest absolute Gasteiger partial charge is 0.191 e. The second-order valence-corrected chi connectivity index (χ2v) is 5.67.